The van der Waals surface area contributed by atoms with Gasteiger partial charge in [0.2, 0.25) is 0 Å². The van der Waals surface area contributed by atoms with Crippen LogP contribution in [0.4, 0.5) is 0 Å². The maximum absolute atomic E-state index is 11.5. The van der Waals surface area contributed by atoms with E-state index in [1.165, 1.54) is 4.90 Å². The predicted octanol–water partition coefficient (Wildman–Crippen LogP) is -1.14. The lowest BCUT2D eigenvalue weighted by Crippen LogP contribution is -3.15. The first-order chi connectivity index (χ1) is 7.03. The molecule has 1 N–H and O–H groups in total. The normalized spacial score (nSPS) is 18.2. The fourth-order valence-electron chi connectivity index (χ4n) is 1.39. The number of nitrogens with one attached hydrogen (secondary N) is 1. The molecule has 0 saturated carbocycles. The molecular formula is C11H18NO3+. The Morgan fingerprint density at radius 1 is 1.53 bits per heavy atom. The van der Waals surface area contributed by atoms with Crippen LogP contribution in [0.25, 0.3) is 0 Å². The van der Waals surface area contributed by atoms with Gasteiger partial charge in [-0.2, -0.15) is 0 Å². The van der Waals surface area contributed by atoms with Gasteiger partial charge in [0, 0.05) is 0 Å². The molecule has 0 aromatic heterocycles. The molecular weight excluding hydrogens is 194 g/mol. The fraction of sp³-hybridized carbons (Fsp3) is 0.727. The fourth-order valence-corrected chi connectivity index (χ4v) is 1.39. The molecule has 0 bridgehead atoms. The van der Waals surface area contributed by atoms with E-state index in [9.17, 15) is 4.79 Å². The SMILES string of the molecule is C#CC(C)(C)OC(=O)C[NH+]1CCOCC1. The Kier molecular flexibility index (Phi) is 4.13. The number of terminal acetylenes is 1. The third kappa shape index (κ3) is 4.32. The summed E-state index contributed by atoms with van der Waals surface area (Å²) in [6.45, 7) is 6.91. The molecule has 0 aromatic rings. The van der Waals surface area contributed by atoms with E-state index in [2.05, 4.69) is 5.92 Å². The molecule has 1 saturated heterocycles. The standard InChI is InChI=1S/C11H17NO3/c1-4-11(2,3)15-10(13)9-12-5-7-14-8-6-12/h1H,5-9H2,2-3H3/p+1. The van der Waals surface area contributed by atoms with Crippen molar-refractivity contribution in [2.45, 2.75) is 19.4 Å². The number of morpholine rings is 1. The van der Waals surface area contributed by atoms with Crippen molar-refractivity contribution >= 4 is 5.97 Å². The Labute approximate surface area is 90.5 Å². The van der Waals surface area contributed by atoms with E-state index in [1.807, 2.05) is 0 Å². The van der Waals surface area contributed by atoms with E-state index in [4.69, 9.17) is 15.9 Å². The lowest BCUT2D eigenvalue weighted by molar-refractivity contribution is -0.900. The predicted molar refractivity (Wildman–Crippen MR) is 55.4 cm³/mol. The number of carbonyl (C=O) groups excluding carboxylic acids is 1. The molecule has 0 spiro atoms. The van der Waals surface area contributed by atoms with Crippen molar-refractivity contribution in [2.75, 3.05) is 32.8 Å². The van der Waals surface area contributed by atoms with Gasteiger partial charge in [-0.05, 0) is 13.8 Å². The zero-order valence-corrected chi connectivity index (χ0v) is 9.34. The van der Waals surface area contributed by atoms with Crippen molar-refractivity contribution in [3.63, 3.8) is 0 Å². The highest BCUT2D eigenvalue weighted by molar-refractivity contribution is 5.71. The molecule has 0 atom stereocenters. The Hall–Kier alpha value is -1.05. The molecule has 4 nitrogen and oxygen atoms in total. The molecule has 15 heavy (non-hydrogen) atoms. The smallest absolute Gasteiger partial charge is 0.363 e. The van der Waals surface area contributed by atoms with E-state index in [1.54, 1.807) is 13.8 Å². The first-order valence-corrected chi connectivity index (χ1v) is 5.14. The van der Waals surface area contributed by atoms with Gasteiger partial charge in [-0.3, -0.25) is 0 Å². The second kappa shape index (κ2) is 5.15. The highest BCUT2D eigenvalue weighted by atomic mass is 16.6. The second-order valence-electron chi connectivity index (χ2n) is 4.17. The van der Waals surface area contributed by atoms with E-state index in [-0.39, 0.29) is 5.97 Å². The molecule has 4 heteroatoms. The number of carbonyl (C=O) groups is 1. The van der Waals surface area contributed by atoms with Crippen molar-refractivity contribution in [3.8, 4) is 12.3 Å². The lowest BCUT2D eigenvalue weighted by Gasteiger charge is -2.24. The zero-order valence-electron chi connectivity index (χ0n) is 9.34. The van der Waals surface area contributed by atoms with Gasteiger partial charge in [-0.15, -0.1) is 6.42 Å². The third-order valence-electron chi connectivity index (χ3n) is 2.31. The molecule has 1 rings (SSSR count). The lowest BCUT2D eigenvalue weighted by atomic mass is 10.1. The topological polar surface area (TPSA) is 40.0 Å². The first kappa shape index (κ1) is 12.0. The average Bonchev–Trinajstić information content (AvgIpc) is 2.18. The van der Waals surface area contributed by atoms with E-state index < -0.39 is 5.60 Å². The molecule has 0 amide bonds. The van der Waals surface area contributed by atoms with Crippen LogP contribution >= 0.6 is 0 Å². The third-order valence-corrected chi connectivity index (χ3v) is 2.31. The number of ether oxygens (including phenoxy) is 2. The maximum Gasteiger partial charge on any atom is 0.363 e. The Bertz CT molecular complexity index is 261. The van der Waals surface area contributed by atoms with Crippen LogP contribution in [0.15, 0.2) is 0 Å². The molecule has 0 aromatic carbocycles. The summed E-state index contributed by atoms with van der Waals surface area (Å²) in [5.74, 6) is 2.19. The van der Waals surface area contributed by atoms with Crippen LogP contribution in [-0.2, 0) is 14.3 Å². The summed E-state index contributed by atoms with van der Waals surface area (Å²) in [6, 6.07) is 0. The summed E-state index contributed by atoms with van der Waals surface area (Å²) in [7, 11) is 0. The van der Waals surface area contributed by atoms with Crippen molar-refractivity contribution in [2.24, 2.45) is 0 Å². The summed E-state index contributed by atoms with van der Waals surface area (Å²) in [6.07, 6.45) is 5.23. The Morgan fingerprint density at radius 3 is 2.67 bits per heavy atom. The van der Waals surface area contributed by atoms with Gasteiger partial charge in [0.15, 0.2) is 12.1 Å². The number of hydrogen-bond donors (Lipinski definition) is 1. The van der Waals surface area contributed by atoms with Crippen molar-refractivity contribution in [1.82, 2.24) is 0 Å². The van der Waals surface area contributed by atoms with Gasteiger partial charge in [-0.25, -0.2) is 4.79 Å². The minimum atomic E-state index is -0.803. The van der Waals surface area contributed by atoms with Crippen LogP contribution in [0.2, 0.25) is 0 Å². The minimum Gasteiger partial charge on any atom is -0.442 e. The zero-order chi connectivity index (χ0) is 11.3. The summed E-state index contributed by atoms with van der Waals surface area (Å²) >= 11 is 0. The molecule has 0 radical (unpaired) electrons. The van der Waals surface area contributed by atoms with Crippen molar-refractivity contribution in [3.05, 3.63) is 0 Å². The van der Waals surface area contributed by atoms with Crippen LogP contribution in [-0.4, -0.2) is 44.4 Å². The van der Waals surface area contributed by atoms with Gasteiger partial charge >= 0.3 is 5.97 Å². The van der Waals surface area contributed by atoms with Gasteiger partial charge in [0.25, 0.3) is 0 Å². The van der Waals surface area contributed by atoms with Crippen LogP contribution in [0.3, 0.4) is 0 Å². The molecule has 1 aliphatic rings. The Balaban J connectivity index is 2.32. The Morgan fingerprint density at radius 2 is 2.13 bits per heavy atom. The molecule has 0 aliphatic carbocycles. The average molecular weight is 212 g/mol. The molecule has 1 fully saturated rings. The first-order valence-electron chi connectivity index (χ1n) is 5.14. The van der Waals surface area contributed by atoms with Crippen LogP contribution < -0.4 is 4.90 Å². The molecule has 84 valence electrons. The van der Waals surface area contributed by atoms with Crippen molar-refractivity contribution in [1.29, 1.82) is 0 Å². The summed E-state index contributed by atoms with van der Waals surface area (Å²) in [5.41, 5.74) is -0.803. The number of hydrogen-bond acceptors (Lipinski definition) is 3. The molecule has 1 heterocycles. The van der Waals surface area contributed by atoms with Gasteiger partial charge < -0.3 is 14.4 Å². The number of quaternary nitrogens is 1. The minimum absolute atomic E-state index is 0.241. The largest absolute Gasteiger partial charge is 0.442 e. The second-order valence-corrected chi connectivity index (χ2v) is 4.17. The maximum atomic E-state index is 11.5. The van der Waals surface area contributed by atoms with E-state index >= 15 is 0 Å². The van der Waals surface area contributed by atoms with Crippen molar-refractivity contribution < 1.29 is 19.2 Å². The quantitative estimate of drug-likeness (QED) is 0.475. The molecule has 1 aliphatic heterocycles. The van der Waals surface area contributed by atoms with Crippen LogP contribution in [0.5, 0.6) is 0 Å². The van der Waals surface area contributed by atoms with Gasteiger partial charge in [-0.1, -0.05) is 5.92 Å². The number of esters is 1. The highest BCUT2D eigenvalue weighted by Gasteiger charge is 2.24. The summed E-state index contributed by atoms with van der Waals surface area (Å²) in [4.78, 5) is 12.7. The molecule has 0 unspecified atom stereocenters. The van der Waals surface area contributed by atoms with Gasteiger partial charge in [0.1, 0.15) is 13.1 Å². The van der Waals surface area contributed by atoms with E-state index in [0.717, 1.165) is 13.1 Å². The summed E-state index contributed by atoms with van der Waals surface area (Å²) in [5, 5.41) is 0. The monoisotopic (exact) mass is 212 g/mol. The van der Waals surface area contributed by atoms with E-state index in [0.29, 0.717) is 19.8 Å². The summed E-state index contributed by atoms with van der Waals surface area (Å²) < 4.78 is 10.4. The van der Waals surface area contributed by atoms with Crippen LogP contribution in [0, 0.1) is 12.3 Å². The van der Waals surface area contributed by atoms with Crippen LogP contribution in [0.1, 0.15) is 13.8 Å². The number of rotatable bonds is 3. The van der Waals surface area contributed by atoms with Gasteiger partial charge in [0.05, 0.1) is 13.2 Å². The highest BCUT2D eigenvalue weighted by Crippen LogP contribution is 2.05.